The molecule has 4 nitrogen and oxygen atoms in total. The first kappa shape index (κ1) is 10.5. The van der Waals surface area contributed by atoms with Crippen molar-refractivity contribution in [3.8, 4) is 0 Å². The lowest BCUT2D eigenvalue weighted by molar-refractivity contribution is -0.140. The molecule has 1 aliphatic carbocycles. The topological polar surface area (TPSA) is 72.5 Å². The van der Waals surface area contributed by atoms with E-state index in [1.807, 2.05) is 0 Å². The van der Waals surface area contributed by atoms with E-state index in [9.17, 15) is 4.79 Å². The van der Waals surface area contributed by atoms with Crippen molar-refractivity contribution in [1.82, 2.24) is 0 Å². The number of ether oxygens (including phenoxy) is 1. The summed E-state index contributed by atoms with van der Waals surface area (Å²) in [6.45, 7) is 0. The van der Waals surface area contributed by atoms with Crippen LogP contribution in [-0.2, 0) is 9.53 Å². The quantitative estimate of drug-likeness (QED) is 0.678. The highest BCUT2D eigenvalue weighted by atomic mass is 16.5. The molecule has 1 saturated carbocycles. The van der Waals surface area contributed by atoms with Gasteiger partial charge in [0.1, 0.15) is 6.04 Å². The van der Waals surface area contributed by atoms with Crippen LogP contribution in [0.3, 0.4) is 0 Å². The molecule has 13 heavy (non-hydrogen) atoms. The van der Waals surface area contributed by atoms with Gasteiger partial charge < -0.3 is 15.6 Å². The maximum atomic E-state index is 10.6. The molecule has 0 heterocycles. The van der Waals surface area contributed by atoms with Crippen molar-refractivity contribution in [3.05, 3.63) is 0 Å². The predicted molar refractivity (Wildman–Crippen MR) is 48.4 cm³/mol. The number of carboxylic acid groups (broad SMARTS) is 1. The van der Waals surface area contributed by atoms with Gasteiger partial charge in [0, 0.05) is 7.11 Å². The molecule has 0 aromatic rings. The summed E-state index contributed by atoms with van der Waals surface area (Å²) in [5.41, 5.74) is 5.55. The summed E-state index contributed by atoms with van der Waals surface area (Å²) < 4.78 is 5.20. The standard InChI is InChI=1S/C9H17NO3/c1-13-7-4-2-3-6(5-7)8(10)9(11)12/h6-8H,2-5,10H2,1H3,(H,11,12)/t6-,7+,8-/m0/s1. The fraction of sp³-hybridized carbons (Fsp3) is 0.889. The fourth-order valence-corrected chi connectivity index (χ4v) is 1.92. The van der Waals surface area contributed by atoms with E-state index in [0.29, 0.717) is 0 Å². The first-order valence-corrected chi connectivity index (χ1v) is 4.66. The average molecular weight is 187 g/mol. The van der Waals surface area contributed by atoms with Gasteiger partial charge in [-0.15, -0.1) is 0 Å². The van der Waals surface area contributed by atoms with E-state index in [1.165, 1.54) is 0 Å². The molecule has 3 atom stereocenters. The molecule has 1 rings (SSSR count). The van der Waals surface area contributed by atoms with Crippen LogP contribution < -0.4 is 5.73 Å². The lowest BCUT2D eigenvalue weighted by Gasteiger charge is -2.30. The van der Waals surface area contributed by atoms with Crippen molar-refractivity contribution >= 4 is 5.97 Å². The number of carbonyl (C=O) groups is 1. The van der Waals surface area contributed by atoms with Crippen molar-refractivity contribution in [3.63, 3.8) is 0 Å². The van der Waals surface area contributed by atoms with E-state index in [-0.39, 0.29) is 12.0 Å². The Hall–Kier alpha value is -0.610. The van der Waals surface area contributed by atoms with Crippen molar-refractivity contribution in [2.24, 2.45) is 11.7 Å². The molecule has 4 heteroatoms. The summed E-state index contributed by atoms with van der Waals surface area (Å²) in [6, 6.07) is -0.724. The monoisotopic (exact) mass is 187 g/mol. The van der Waals surface area contributed by atoms with Crippen molar-refractivity contribution in [2.45, 2.75) is 37.8 Å². The highest BCUT2D eigenvalue weighted by Crippen LogP contribution is 2.27. The Morgan fingerprint density at radius 1 is 1.62 bits per heavy atom. The van der Waals surface area contributed by atoms with Crippen molar-refractivity contribution < 1.29 is 14.6 Å². The molecule has 0 spiro atoms. The molecule has 0 radical (unpaired) electrons. The third-order valence-electron chi connectivity index (χ3n) is 2.79. The smallest absolute Gasteiger partial charge is 0.320 e. The second-order valence-electron chi connectivity index (χ2n) is 3.65. The van der Waals surface area contributed by atoms with Gasteiger partial charge in [-0.1, -0.05) is 6.42 Å². The Labute approximate surface area is 78.1 Å². The zero-order chi connectivity index (χ0) is 9.84. The van der Waals surface area contributed by atoms with Crippen LogP contribution in [0.5, 0.6) is 0 Å². The van der Waals surface area contributed by atoms with Gasteiger partial charge in [-0.2, -0.15) is 0 Å². The van der Waals surface area contributed by atoms with E-state index in [2.05, 4.69) is 0 Å². The van der Waals surface area contributed by atoms with Gasteiger partial charge in [0.05, 0.1) is 6.10 Å². The normalized spacial score (nSPS) is 31.2. The second-order valence-corrected chi connectivity index (χ2v) is 3.65. The molecule has 0 saturated heterocycles. The third-order valence-corrected chi connectivity index (χ3v) is 2.79. The van der Waals surface area contributed by atoms with Crippen LogP contribution in [0.25, 0.3) is 0 Å². The molecule has 0 unspecified atom stereocenters. The number of nitrogens with two attached hydrogens (primary N) is 1. The van der Waals surface area contributed by atoms with Crippen LogP contribution >= 0.6 is 0 Å². The van der Waals surface area contributed by atoms with Crippen LogP contribution in [0.1, 0.15) is 25.7 Å². The largest absolute Gasteiger partial charge is 0.480 e. The Balaban J connectivity index is 2.46. The van der Waals surface area contributed by atoms with Gasteiger partial charge in [0.2, 0.25) is 0 Å². The molecule has 0 aliphatic heterocycles. The minimum absolute atomic E-state index is 0.0798. The number of aliphatic carboxylic acids is 1. The molecule has 0 amide bonds. The number of rotatable bonds is 3. The maximum absolute atomic E-state index is 10.6. The zero-order valence-corrected chi connectivity index (χ0v) is 7.90. The summed E-state index contributed by atoms with van der Waals surface area (Å²) in [5, 5.41) is 8.73. The van der Waals surface area contributed by atoms with Crippen molar-refractivity contribution in [2.75, 3.05) is 7.11 Å². The lowest BCUT2D eigenvalue weighted by Crippen LogP contribution is -2.41. The summed E-state index contributed by atoms with van der Waals surface area (Å²) in [7, 11) is 1.67. The molecular formula is C9H17NO3. The second kappa shape index (κ2) is 4.58. The number of hydrogen-bond acceptors (Lipinski definition) is 3. The van der Waals surface area contributed by atoms with Crippen LogP contribution in [0.4, 0.5) is 0 Å². The van der Waals surface area contributed by atoms with Gasteiger partial charge >= 0.3 is 5.97 Å². The Kier molecular flexibility index (Phi) is 3.69. The maximum Gasteiger partial charge on any atom is 0.320 e. The molecule has 76 valence electrons. The Morgan fingerprint density at radius 3 is 2.85 bits per heavy atom. The van der Waals surface area contributed by atoms with Crippen LogP contribution in [0.15, 0.2) is 0 Å². The van der Waals surface area contributed by atoms with E-state index in [4.69, 9.17) is 15.6 Å². The summed E-state index contributed by atoms with van der Waals surface area (Å²) >= 11 is 0. The summed E-state index contributed by atoms with van der Waals surface area (Å²) in [5.74, 6) is -0.821. The molecule has 0 aromatic heterocycles. The number of methoxy groups -OCH3 is 1. The average Bonchev–Trinajstić information content (AvgIpc) is 2.16. The van der Waals surface area contributed by atoms with E-state index in [0.717, 1.165) is 25.7 Å². The first-order valence-electron chi connectivity index (χ1n) is 4.66. The highest BCUT2D eigenvalue weighted by Gasteiger charge is 2.29. The van der Waals surface area contributed by atoms with E-state index < -0.39 is 12.0 Å². The van der Waals surface area contributed by atoms with Gasteiger partial charge in [0.25, 0.3) is 0 Å². The zero-order valence-electron chi connectivity index (χ0n) is 7.90. The minimum Gasteiger partial charge on any atom is -0.480 e. The molecule has 1 fully saturated rings. The third kappa shape index (κ3) is 2.67. The first-order chi connectivity index (χ1) is 6.15. The van der Waals surface area contributed by atoms with Gasteiger partial charge in [-0.05, 0) is 25.2 Å². The number of carboxylic acids is 1. The fourth-order valence-electron chi connectivity index (χ4n) is 1.92. The van der Waals surface area contributed by atoms with E-state index >= 15 is 0 Å². The van der Waals surface area contributed by atoms with Crippen LogP contribution in [-0.4, -0.2) is 30.3 Å². The summed E-state index contributed by atoms with van der Waals surface area (Å²) in [4.78, 5) is 10.6. The predicted octanol–water partition coefficient (Wildman–Crippen LogP) is 0.603. The highest BCUT2D eigenvalue weighted by molar-refractivity contribution is 5.73. The molecule has 0 aromatic carbocycles. The molecular weight excluding hydrogens is 170 g/mol. The SMILES string of the molecule is CO[C@@H]1CCC[C@H]([C@H](N)C(=O)O)C1. The van der Waals surface area contributed by atoms with Crippen LogP contribution in [0.2, 0.25) is 0 Å². The Bertz CT molecular complexity index is 184. The lowest BCUT2D eigenvalue weighted by atomic mass is 9.82. The van der Waals surface area contributed by atoms with Gasteiger partial charge in [-0.3, -0.25) is 4.79 Å². The van der Waals surface area contributed by atoms with Crippen molar-refractivity contribution in [1.29, 1.82) is 0 Å². The molecule has 3 N–H and O–H groups in total. The van der Waals surface area contributed by atoms with E-state index in [1.54, 1.807) is 7.11 Å². The molecule has 1 aliphatic rings. The minimum atomic E-state index is -0.901. The van der Waals surface area contributed by atoms with Crippen LogP contribution in [0, 0.1) is 5.92 Å². The van der Waals surface area contributed by atoms with Gasteiger partial charge in [0.15, 0.2) is 0 Å². The number of hydrogen-bond donors (Lipinski definition) is 2. The Morgan fingerprint density at radius 2 is 2.31 bits per heavy atom. The molecule has 0 bridgehead atoms. The summed E-state index contributed by atoms with van der Waals surface area (Å²) in [6.07, 6.45) is 3.94. The van der Waals surface area contributed by atoms with Gasteiger partial charge in [-0.25, -0.2) is 0 Å².